The highest BCUT2D eigenvalue weighted by Gasteiger charge is 2.38. The predicted molar refractivity (Wildman–Crippen MR) is 121 cm³/mol. The highest BCUT2D eigenvalue weighted by molar-refractivity contribution is 6.35. The van der Waals surface area contributed by atoms with Crippen LogP contribution in [0.5, 0.6) is 0 Å². The number of anilines is 2. The van der Waals surface area contributed by atoms with Crippen LogP contribution in [0.1, 0.15) is 59.4 Å². The van der Waals surface area contributed by atoms with Crippen LogP contribution < -0.4 is 16.0 Å². The molecule has 2 bridgehead atoms. The third-order valence-electron chi connectivity index (χ3n) is 6.25. The molecule has 1 aromatic heterocycles. The van der Waals surface area contributed by atoms with Crippen molar-refractivity contribution in [1.82, 2.24) is 10.3 Å². The summed E-state index contributed by atoms with van der Waals surface area (Å²) in [6.07, 6.45) is 2.51. The minimum Gasteiger partial charge on any atom is -0.352 e. The third-order valence-corrected chi connectivity index (χ3v) is 6.68. The van der Waals surface area contributed by atoms with Crippen molar-refractivity contribution < 1.29 is 9.59 Å². The number of carbonyl (C=O) groups is 2. The van der Waals surface area contributed by atoms with E-state index < -0.39 is 5.54 Å². The largest absolute Gasteiger partial charge is 0.352 e. The summed E-state index contributed by atoms with van der Waals surface area (Å²) in [4.78, 5) is 33.6. The van der Waals surface area contributed by atoms with Crippen LogP contribution in [-0.2, 0) is 23.3 Å². The Hall–Kier alpha value is -2.93. The van der Waals surface area contributed by atoms with Gasteiger partial charge in [0.05, 0.1) is 21.9 Å². The monoisotopic (exact) mass is 437 g/mol. The molecule has 7 nitrogen and oxygen atoms in total. The molecule has 1 fully saturated rings. The molecule has 1 aromatic carbocycles. The van der Waals surface area contributed by atoms with Gasteiger partial charge in [-0.25, -0.2) is 9.98 Å². The molecule has 160 valence electrons. The summed E-state index contributed by atoms with van der Waals surface area (Å²) in [5.74, 6) is 1.50. The molecule has 1 saturated carbocycles. The standard InChI is InChI=1S/C23H24ClN5O2/c1-11-16(12(2)30)8-15-9-23(3)17-7-6-14(10-25-21(31)13-4-5-13)18(24)19(17)27-22(29-23)28-20(15)26-11/h6-8,13H,4-5,9-10H2,1-3H3,(H,25,31)(H2,26,27,28,29). The van der Waals surface area contributed by atoms with Gasteiger partial charge < -0.3 is 16.0 Å². The van der Waals surface area contributed by atoms with Crippen LogP contribution in [0.3, 0.4) is 0 Å². The van der Waals surface area contributed by atoms with E-state index >= 15 is 0 Å². The van der Waals surface area contributed by atoms with E-state index in [-0.39, 0.29) is 17.6 Å². The molecule has 8 heteroatoms. The van der Waals surface area contributed by atoms with Crippen LogP contribution in [-0.4, -0.2) is 22.6 Å². The molecule has 1 unspecified atom stereocenters. The molecule has 3 aliphatic rings. The van der Waals surface area contributed by atoms with Gasteiger partial charge in [0.1, 0.15) is 5.82 Å². The van der Waals surface area contributed by atoms with Crippen molar-refractivity contribution in [3.63, 3.8) is 0 Å². The fourth-order valence-electron chi connectivity index (χ4n) is 4.38. The SMILES string of the molecule is CC(=O)c1cc2c(nc1C)NC1=NC(C)(C2)c2ccc(CNC(=O)C3CC3)c(Cl)c2N1. The lowest BCUT2D eigenvalue weighted by molar-refractivity contribution is -0.122. The Morgan fingerprint density at radius 3 is 2.77 bits per heavy atom. The second-order valence-electron chi connectivity index (χ2n) is 8.80. The zero-order valence-corrected chi connectivity index (χ0v) is 18.5. The first kappa shape index (κ1) is 20.0. The lowest BCUT2D eigenvalue weighted by atomic mass is 9.83. The average molecular weight is 438 g/mol. The number of pyridine rings is 1. The fraction of sp³-hybridized carbons (Fsp3) is 0.391. The van der Waals surface area contributed by atoms with Crippen LogP contribution in [0.4, 0.5) is 11.5 Å². The summed E-state index contributed by atoms with van der Waals surface area (Å²) < 4.78 is 0. The van der Waals surface area contributed by atoms with Gasteiger partial charge in [0.15, 0.2) is 5.78 Å². The number of ketones is 1. The molecule has 3 heterocycles. The molecule has 2 aliphatic heterocycles. The number of hydrogen-bond donors (Lipinski definition) is 3. The van der Waals surface area contributed by atoms with E-state index in [1.54, 1.807) is 6.92 Å². The zero-order valence-electron chi connectivity index (χ0n) is 17.7. The van der Waals surface area contributed by atoms with Crippen molar-refractivity contribution in [2.45, 2.75) is 52.1 Å². The highest BCUT2D eigenvalue weighted by Crippen LogP contribution is 2.45. The van der Waals surface area contributed by atoms with Crippen LogP contribution in [0.25, 0.3) is 0 Å². The van der Waals surface area contributed by atoms with Gasteiger partial charge in [-0.15, -0.1) is 0 Å². The number of aryl methyl sites for hydroxylation is 1. The Balaban J connectivity index is 1.50. The smallest absolute Gasteiger partial charge is 0.223 e. The molecule has 1 aliphatic carbocycles. The molecular weight excluding hydrogens is 414 g/mol. The van der Waals surface area contributed by atoms with E-state index in [2.05, 4.69) is 27.9 Å². The maximum absolute atomic E-state index is 12.0. The molecule has 31 heavy (non-hydrogen) atoms. The Morgan fingerprint density at radius 2 is 2.06 bits per heavy atom. The Bertz CT molecular complexity index is 1170. The average Bonchev–Trinajstić information content (AvgIpc) is 3.55. The number of Topliss-reactive ketones (excluding diaryl/α,β-unsaturated/α-hetero) is 1. The van der Waals surface area contributed by atoms with Crippen LogP contribution >= 0.6 is 11.6 Å². The first-order valence-electron chi connectivity index (χ1n) is 10.5. The first-order valence-corrected chi connectivity index (χ1v) is 10.9. The predicted octanol–water partition coefficient (Wildman–Crippen LogP) is 3.94. The quantitative estimate of drug-likeness (QED) is 0.630. The fourth-order valence-corrected chi connectivity index (χ4v) is 4.65. The van der Waals surface area contributed by atoms with Gasteiger partial charge in [-0.1, -0.05) is 23.7 Å². The van der Waals surface area contributed by atoms with E-state index in [0.29, 0.717) is 41.0 Å². The molecule has 0 spiro atoms. The van der Waals surface area contributed by atoms with Crippen LogP contribution in [0.15, 0.2) is 23.2 Å². The molecule has 3 N–H and O–H groups in total. The number of halogens is 1. The number of nitrogens with one attached hydrogen (secondary N) is 3. The number of aliphatic imine (C=N–C) groups is 1. The number of nitrogens with zero attached hydrogens (tertiary/aromatic N) is 2. The van der Waals surface area contributed by atoms with E-state index in [1.165, 1.54) is 0 Å². The zero-order chi connectivity index (χ0) is 21.9. The lowest BCUT2D eigenvalue weighted by Crippen LogP contribution is -2.34. The summed E-state index contributed by atoms with van der Waals surface area (Å²) >= 11 is 6.78. The van der Waals surface area contributed by atoms with Crippen molar-refractivity contribution in [1.29, 1.82) is 0 Å². The van der Waals surface area contributed by atoms with Gasteiger partial charge in [-0.2, -0.15) is 0 Å². The summed E-state index contributed by atoms with van der Waals surface area (Å²) in [7, 11) is 0. The van der Waals surface area contributed by atoms with Gasteiger partial charge in [0.25, 0.3) is 0 Å². The maximum Gasteiger partial charge on any atom is 0.223 e. The van der Waals surface area contributed by atoms with Crippen molar-refractivity contribution in [3.05, 3.63) is 51.2 Å². The number of aromatic nitrogens is 1. The van der Waals surface area contributed by atoms with Gasteiger partial charge >= 0.3 is 0 Å². The Morgan fingerprint density at radius 1 is 1.29 bits per heavy atom. The maximum atomic E-state index is 12.0. The third kappa shape index (κ3) is 3.47. The highest BCUT2D eigenvalue weighted by atomic mass is 35.5. The molecular formula is C23H24ClN5O2. The lowest BCUT2D eigenvalue weighted by Gasteiger charge is -2.33. The topological polar surface area (TPSA) is 95.5 Å². The number of benzene rings is 1. The molecule has 0 saturated heterocycles. The van der Waals surface area contributed by atoms with Crippen LogP contribution in [0.2, 0.25) is 5.02 Å². The second-order valence-corrected chi connectivity index (χ2v) is 9.18. The van der Waals surface area contributed by atoms with Crippen molar-refractivity contribution in [2.24, 2.45) is 10.9 Å². The summed E-state index contributed by atoms with van der Waals surface area (Å²) in [6.45, 7) is 5.84. The van der Waals surface area contributed by atoms with E-state index in [1.807, 2.05) is 25.1 Å². The number of carbonyl (C=O) groups excluding carboxylic acids is 2. The molecule has 1 amide bonds. The van der Waals surface area contributed by atoms with Crippen molar-refractivity contribution >= 4 is 40.8 Å². The normalized spacial score (nSPS) is 21.0. The molecule has 5 rings (SSSR count). The number of hydrogen-bond acceptors (Lipinski definition) is 6. The first-order chi connectivity index (χ1) is 14.7. The minimum absolute atomic E-state index is 0.00535. The van der Waals surface area contributed by atoms with Gasteiger partial charge in [0.2, 0.25) is 11.9 Å². The number of amides is 1. The van der Waals surface area contributed by atoms with Crippen molar-refractivity contribution in [3.8, 4) is 0 Å². The second kappa shape index (κ2) is 7.05. The minimum atomic E-state index is -0.571. The Labute approximate surface area is 185 Å². The van der Waals surface area contributed by atoms with E-state index in [9.17, 15) is 9.59 Å². The molecule has 0 radical (unpaired) electrons. The van der Waals surface area contributed by atoms with E-state index in [0.717, 1.165) is 35.2 Å². The van der Waals surface area contributed by atoms with Crippen molar-refractivity contribution in [2.75, 3.05) is 10.6 Å². The summed E-state index contributed by atoms with van der Waals surface area (Å²) in [5, 5.41) is 10.1. The molecule has 2 aromatic rings. The summed E-state index contributed by atoms with van der Waals surface area (Å²) in [6, 6.07) is 5.89. The summed E-state index contributed by atoms with van der Waals surface area (Å²) in [5.41, 5.74) is 4.29. The number of fused-ring (bicyclic) bond motifs is 4. The van der Waals surface area contributed by atoms with Gasteiger partial charge in [-0.05, 0) is 50.8 Å². The molecule has 1 atom stereocenters. The van der Waals surface area contributed by atoms with E-state index in [4.69, 9.17) is 16.6 Å². The Kier molecular flexibility index (Phi) is 4.55. The van der Waals surface area contributed by atoms with Gasteiger partial charge in [0, 0.05) is 30.0 Å². The number of guanidine groups is 1. The number of rotatable bonds is 4. The van der Waals surface area contributed by atoms with Gasteiger partial charge in [-0.3, -0.25) is 9.59 Å². The van der Waals surface area contributed by atoms with Crippen LogP contribution in [0, 0.1) is 12.8 Å².